The molecular weight excluding hydrogens is 164 g/mol. The third-order valence-electron chi connectivity index (χ3n) is 2.12. The van der Waals surface area contributed by atoms with Gasteiger partial charge in [-0.25, -0.2) is 0 Å². The zero-order valence-electron chi connectivity index (χ0n) is 7.61. The summed E-state index contributed by atoms with van der Waals surface area (Å²) in [7, 11) is 1.79. The highest BCUT2D eigenvalue weighted by Gasteiger charge is 2.04. The van der Waals surface area contributed by atoms with Crippen LogP contribution in [0.25, 0.3) is 10.9 Å². The molecule has 0 aliphatic rings. The molecule has 0 radical (unpaired) electrons. The van der Waals surface area contributed by atoms with Crippen molar-refractivity contribution < 1.29 is 0 Å². The number of hydrogen-bond acceptors (Lipinski definition) is 2. The summed E-state index contributed by atoms with van der Waals surface area (Å²) in [6, 6.07) is 7.09. The molecule has 0 unspecified atom stereocenters. The lowest BCUT2D eigenvalue weighted by Crippen LogP contribution is -2.01. The molecule has 0 bridgehead atoms. The topological polar surface area (TPSA) is 34.9 Å². The zero-order valence-corrected chi connectivity index (χ0v) is 7.61. The molecule has 0 saturated heterocycles. The molecule has 1 aromatic heterocycles. The van der Waals surface area contributed by atoms with E-state index in [1.165, 1.54) is 0 Å². The monoisotopic (exact) mass is 174 g/mol. The predicted octanol–water partition coefficient (Wildman–Crippen LogP) is 1.24. The number of hydrogen-bond donors (Lipinski definition) is 0. The Bertz CT molecular complexity index is 514. The Morgan fingerprint density at radius 1 is 1.31 bits per heavy atom. The summed E-state index contributed by atoms with van der Waals surface area (Å²) in [6.07, 6.45) is 0. The summed E-state index contributed by atoms with van der Waals surface area (Å²) >= 11 is 0. The molecule has 0 aliphatic carbocycles. The fraction of sp³-hybridized carbons (Fsp3) is 0.200. The van der Waals surface area contributed by atoms with Crippen LogP contribution in [0.3, 0.4) is 0 Å². The summed E-state index contributed by atoms with van der Waals surface area (Å²) in [4.78, 5) is 11.6. The molecule has 0 fully saturated rings. The molecule has 0 spiro atoms. The van der Waals surface area contributed by atoms with E-state index in [1.807, 2.05) is 19.1 Å². The maximum Gasteiger partial charge on any atom is 0.204 e. The Hall–Kier alpha value is -1.64. The average Bonchev–Trinajstić information content (AvgIpc) is 2.28. The van der Waals surface area contributed by atoms with Crippen LogP contribution in [0.2, 0.25) is 0 Å². The second kappa shape index (κ2) is 2.69. The first kappa shape index (κ1) is 7.98. The smallest absolute Gasteiger partial charge is 0.204 e. The van der Waals surface area contributed by atoms with E-state index in [9.17, 15) is 4.79 Å². The van der Waals surface area contributed by atoms with Gasteiger partial charge in [-0.3, -0.25) is 9.48 Å². The quantitative estimate of drug-likeness (QED) is 0.602. The van der Waals surface area contributed by atoms with Crippen LogP contribution in [0, 0.1) is 6.92 Å². The van der Waals surface area contributed by atoms with Crippen molar-refractivity contribution in [2.45, 2.75) is 6.92 Å². The van der Waals surface area contributed by atoms with Gasteiger partial charge in [0.2, 0.25) is 5.43 Å². The lowest BCUT2D eigenvalue weighted by Gasteiger charge is -1.85. The van der Waals surface area contributed by atoms with Crippen LogP contribution in [-0.2, 0) is 7.05 Å². The molecule has 2 rings (SSSR count). The van der Waals surface area contributed by atoms with Gasteiger partial charge in [-0.2, -0.15) is 5.10 Å². The SMILES string of the molecule is Cc1nn(C)c2c(=O)ccccc12. The van der Waals surface area contributed by atoms with E-state index >= 15 is 0 Å². The third-order valence-corrected chi connectivity index (χ3v) is 2.12. The minimum atomic E-state index is 0.0168. The molecule has 3 nitrogen and oxygen atoms in total. The Kier molecular flexibility index (Phi) is 1.65. The highest BCUT2D eigenvalue weighted by Crippen LogP contribution is 2.11. The van der Waals surface area contributed by atoms with Crippen LogP contribution in [-0.4, -0.2) is 9.78 Å². The first-order valence-electron chi connectivity index (χ1n) is 4.13. The zero-order chi connectivity index (χ0) is 9.42. The van der Waals surface area contributed by atoms with E-state index < -0.39 is 0 Å². The van der Waals surface area contributed by atoms with Crippen LogP contribution in [0.1, 0.15) is 5.69 Å². The van der Waals surface area contributed by atoms with E-state index in [0.29, 0.717) is 5.52 Å². The van der Waals surface area contributed by atoms with Crippen molar-refractivity contribution in [2.75, 3.05) is 0 Å². The highest BCUT2D eigenvalue weighted by atomic mass is 16.1. The van der Waals surface area contributed by atoms with Crippen LogP contribution in [0.4, 0.5) is 0 Å². The summed E-state index contributed by atoms with van der Waals surface area (Å²) in [5, 5.41) is 5.12. The molecule has 1 aromatic carbocycles. The number of aryl methyl sites for hydroxylation is 2. The van der Waals surface area contributed by atoms with Gasteiger partial charge in [0.25, 0.3) is 0 Å². The molecule has 0 atom stereocenters. The number of fused-ring (bicyclic) bond motifs is 1. The molecule has 0 amide bonds. The van der Waals surface area contributed by atoms with Gasteiger partial charge in [-0.05, 0) is 13.0 Å². The van der Waals surface area contributed by atoms with Crippen LogP contribution >= 0.6 is 0 Å². The van der Waals surface area contributed by atoms with E-state index in [0.717, 1.165) is 11.1 Å². The van der Waals surface area contributed by atoms with Crippen LogP contribution in [0.5, 0.6) is 0 Å². The van der Waals surface area contributed by atoms with Gasteiger partial charge in [-0.1, -0.05) is 18.2 Å². The Labute approximate surface area is 75.6 Å². The van der Waals surface area contributed by atoms with E-state index in [1.54, 1.807) is 23.9 Å². The molecule has 0 N–H and O–H groups in total. The molecular formula is C10H10N2O. The minimum Gasteiger partial charge on any atom is -0.288 e. The van der Waals surface area contributed by atoms with Crippen LogP contribution in [0.15, 0.2) is 29.1 Å². The second-order valence-electron chi connectivity index (χ2n) is 3.05. The van der Waals surface area contributed by atoms with Crippen molar-refractivity contribution in [1.82, 2.24) is 9.78 Å². The van der Waals surface area contributed by atoms with Crippen molar-refractivity contribution >= 4 is 10.9 Å². The van der Waals surface area contributed by atoms with Gasteiger partial charge in [0, 0.05) is 12.4 Å². The Morgan fingerprint density at radius 3 is 2.77 bits per heavy atom. The van der Waals surface area contributed by atoms with Gasteiger partial charge >= 0.3 is 0 Å². The van der Waals surface area contributed by atoms with E-state index in [4.69, 9.17) is 0 Å². The van der Waals surface area contributed by atoms with Crippen molar-refractivity contribution in [3.05, 3.63) is 40.2 Å². The van der Waals surface area contributed by atoms with Crippen molar-refractivity contribution in [1.29, 1.82) is 0 Å². The Balaban J connectivity index is 3.12. The lowest BCUT2D eigenvalue weighted by atomic mass is 10.3. The number of aromatic nitrogens is 2. The molecule has 13 heavy (non-hydrogen) atoms. The normalized spacial score (nSPS) is 10.6. The van der Waals surface area contributed by atoms with Crippen molar-refractivity contribution in [2.24, 2.45) is 7.05 Å². The first-order chi connectivity index (χ1) is 6.20. The maximum atomic E-state index is 11.6. The maximum absolute atomic E-state index is 11.6. The molecule has 2 aromatic rings. The summed E-state index contributed by atoms with van der Waals surface area (Å²) in [5.41, 5.74) is 1.58. The van der Waals surface area contributed by atoms with Gasteiger partial charge in [0.05, 0.1) is 5.69 Å². The lowest BCUT2D eigenvalue weighted by molar-refractivity contribution is 0.781. The first-order valence-corrected chi connectivity index (χ1v) is 4.13. The van der Waals surface area contributed by atoms with Crippen LogP contribution < -0.4 is 5.43 Å². The van der Waals surface area contributed by atoms with Crippen molar-refractivity contribution in [3.63, 3.8) is 0 Å². The minimum absolute atomic E-state index is 0.0168. The number of rotatable bonds is 0. The molecule has 0 saturated carbocycles. The largest absolute Gasteiger partial charge is 0.288 e. The second-order valence-corrected chi connectivity index (χ2v) is 3.05. The van der Waals surface area contributed by atoms with Gasteiger partial charge in [-0.15, -0.1) is 0 Å². The summed E-state index contributed by atoms with van der Waals surface area (Å²) < 4.78 is 1.63. The molecule has 66 valence electrons. The van der Waals surface area contributed by atoms with E-state index in [2.05, 4.69) is 5.10 Å². The van der Waals surface area contributed by atoms with Gasteiger partial charge < -0.3 is 0 Å². The highest BCUT2D eigenvalue weighted by molar-refractivity contribution is 5.80. The molecule has 3 heteroatoms. The number of nitrogens with zero attached hydrogens (tertiary/aromatic N) is 2. The van der Waals surface area contributed by atoms with E-state index in [-0.39, 0.29) is 5.43 Å². The fourth-order valence-corrected chi connectivity index (χ4v) is 1.54. The van der Waals surface area contributed by atoms with Gasteiger partial charge in [0.15, 0.2) is 0 Å². The van der Waals surface area contributed by atoms with Crippen molar-refractivity contribution in [3.8, 4) is 0 Å². The molecule has 0 aliphatic heterocycles. The predicted molar refractivity (Wildman–Crippen MR) is 51.7 cm³/mol. The summed E-state index contributed by atoms with van der Waals surface area (Å²) in [5.74, 6) is 0. The average molecular weight is 174 g/mol. The Morgan fingerprint density at radius 2 is 2.00 bits per heavy atom. The fourth-order valence-electron chi connectivity index (χ4n) is 1.54. The third kappa shape index (κ3) is 1.13. The molecule has 1 heterocycles. The summed E-state index contributed by atoms with van der Waals surface area (Å²) in [6.45, 7) is 1.90. The van der Waals surface area contributed by atoms with Gasteiger partial charge in [0.1, 0.15) is 5.52 Å². The standard InChI is InChI=1S/C10H10N2O/c1-7-8-5-3-4-6-9(13)10(8)12(2)11-7/h3-6H,1-2H3.